The number of hydrogen-bond acceptors (Lipinski definition) is 2. The van der Waals surface area contributed by atoms with Crippen molar-refractivity contribution in [3.8, 4) is 0 Å². The normalized spacial score (nSPS) is 13.7. The minimum Gasteiger partial charge on any atom is -0.480 e. The van der Waals surface area contributed by atoms with Crippen molar-refractivity contribution in [2.24, 2.45) is 0 Å². The Bertz CT molecular complexity index is 510. The van der Waals surface area contributed by atoms with Crippen molar-refractivity contribution >= 4 is 11.9 Å². The Morgan fingerprint density at radius 1 is 1.26 bits per heavy atom. The van der Waals surface area contributed by atoms with E-state index in [0.717, 1.165) is 0 Å². The molecule has 1 rings (SSSR count). The lowest BCUT2D eigenvalue weighted by atomic mass is 9.98. The molecular weight excluding hydrogens is 263 g/mol. The van der Waals surface area contributed by atoms with E-state index in [4.69, 9.17) is 5.11 Å². The molecule has 0 saturated carbocycles. The highest BCUT2D eigenvalue weighted by atomic mass is 19.2. The highest BCUT2D eigenvalue weighted by Gasteiger charge is 2.33. The van der Waals surface area contributed by atoms with Gasteiger partial charge in [-0.05, 0) is 25.5 Å². The number of amides is 1. The average molecular weight is 275 g/mol. The molecule has 1 unspecified atom stereocenters. The van der Waals surface area contributed by atoms with Gasteiger partial charge in [-0.25, -0.2) is 18.0 Å². The number of carbonyl (C=O) groups excluding carboxylic acids is 1. The number of nitrogens with one attached hydrogen (secondary N) is 1. The van der Waals surface area contributed by atoms with Gasteiger partial charge in [0.05, 0.1) is 0 Å². The third-order valence-electron chi connectivity index (χ3n) is 2.81. The van der Waals surface area contributed by atoms with Crippen LogP contribution in [0.2, 0.25) is 0 Å². The van der Waals surface area contributed by atoms with Crippen LogP contribution < -0.4 is 5.32 Å². The standard InChI is InChI=1S/C12H12F3NO3/c1-3-12(2,11(18)19)16-10(17)6-4-7(13)9(15)8(14)5-6/h4-5H,3H2,1-2H3,(H,16,17)(H,18,19). The van der Waals surface area contributed by atoms with Gasteiger partial charge in [0.2, 0.25) is 0 Å². The zero-order valence-electron chi connectivity index (χ0n) is 10.3. The van der Waals surface area contributed by atoms with E-state index in [2.05, 4.69) is 5.32 Å². The largest absolute Gasteiger partial charge is 0.480 e. The average Bonchev–Trinajstić information content (AvgIpc) is 2.34. The lowest BCUT2D eigenvalue weighted by Crippen LogP contribution is -2.51. The Kier molecular flexibility index (Phi) is 4.18. The molecule has 0 saturated heterocycles. The van der Waals surface area contributed by atoms with E-state index in [1.165, 1.54) is 13.8 Å². The number of benzene rings is 1. The fourth-order valence-corrected chi connectivity index (χ4v) is 1.30. The second-order valence-corrected chi connectivity index (χ2v) is 4.20. The number of hydrogen-bond donors (Lipinski definition) is 2. The maximum atomic E-state index is 13.0. The number of rotatable bonds is 4. The molecule has 0 aliphatic rings. The lowest BCUT2D eigenvalue weighted by Gasteiger charge is -2.24. The molecule has 0 radical (unpaired) electrons. The van der Waals surface area contributed by atoms with Crippen LogP contribution in [0.5, 0.6) is 0 Å². The third kappa shape index (κ3) is 3.04. The number of carbonyl (C=O) groups is 2. The van der Waals surface area contributed by atoms with Gasteiger partial charge < -0.3 is 10.4 Å². The Morgan fingerprint density at radius 3 is 2.11 bits per heavy atom. The molecule has 19 heavy (non-hydrogen) atoms. The molecule has 1 aromatic carbocycles. The molecule has 2 N–H and O–H groups in total. The van der Waals surface area contributed by atoms with Gasteiger partial charge in [-0.3, -0.25) is 4.79 Å². The van der Waals surface area contributed by atoms with Crippen LogP contribution in [0, 0.1) is 17.5 Å². The van der Waals surface area contributed by atoms with E-state index in [-0.39, 0.29) is 6.42 Å². The van der Waals surface area contributed by atoms with Gasteiger partial charge in [0.1, 0.15) is 5.54 Å². The summed E-state index contributed by atoms with van der Waals surface area (Å²) in [5.41, 5.74) is -2.06. The SMILES string of the molecule is CCC(C)(NC(=O)c1cc(F)c(F)c(F)c1)C(=O)O. The van der Waals surface area contributed by atoms with Crippen molar-refractivity contribution in [1.29, 1.82) is 0 Å². The molecule has 0 aromatic heterocycles. The first-order valence-electron chi connectivity index (χ1n) is 5.41. The highest BCUT2D eigenvalue weighted by Crippen LogP contribution is 2.16. The van der Waals surface area contributed by atoms with E-state index < -0.39 is 40.4 Å². The van der Waals surface area contributed by atoms with Crippen molar-refractivity contribution in [2.45, 2.75) is 25.8 Å². The maximum absolute atomic E-state index is 13.0. The van der Waals surface area contributed by atoms with Crippen LogP contribution >= 0.6 is 0 Å². The van der Waals surface area contributed by atoms with Crippen molar-refractivity contribution in [3.05, 3.63) is 35.1 Å². The third-order valence-corrected chi connectivity index (χ3v) is 2.81. The Morgan fingerprint density at radius 2 is 1.74 bits per heavy atom. The number of halogens is 3. The van der Waals surface area contributed by atoms with E-state index >= 15 is 0 Å². The second-order valence-electron chi connectivity index (χ2n) is 4.20. The number of carboxylic acid groups (broad SMARTS) is 1. The van der Waals surface area contributed by atoms with Crippen LogP contribution in [0.25, 0.3) is 0 Å². The van der Waals surface area contributed by atoms with Crippen LogP contribution in [0.3, 0.4) is 0 Å². The first kappa shape index (κ1) is 15.0. The van der Waals surface area contributed by atoms with Gasteiger partial charge in [-0.2, -0.15) is 0 Å². The summed E-state index contributed by atoms with van der Waals surface area (Å²) >= 11 is 0. The van der Waals surface area contributed by atoms with Crippen LogP contribution in [-0.2, 0) is 4.79 Å². The maximum Gasteiger partial charge on any atom is 0.329 e. The molecule has 1 amide bonds. The molecule has 1 aromatic rings. The Balaban J connectivity index is 3.05. The van der Waals surface area contributed by atoms with E-state index in [9.17, 15) is 22.8 Å². The predicted molar refractivity (Wildman–Crippen MR) is 60.1 cm³/mol. The molecule has 1 atom stereocenters. The Hall–Kier alpha value is -2.05. The molecule has 0 aliphatic carbocycles. The van der Waals surface area contributed by atoms with Crippen LogP contribution in [0.4, 0.5) is 13.2 Å². The molecular formula is C12H12F3NO3. The number of aliphatic carboxylic acids is 1. The minimum absolute atomic E-state index is 0.0697. The van der Waals surface area contributed by atoms with Crippen molar-refractivity contribution in [2.75, 3.05) is 0 Å². The molecule has 0 heterocycles. The summed E-state index contributed by atoms with van der Waals surface area (Å²) < 4.78 is 38.7. The molecule has 7 heteroatoms. The van der Waals surface area contributed by atoms with Gasteiger partial charge >= 0.3 is 5.97 Å². The quantitative estimate of drug-likeness (QED) is 0.827. The molecule has 4 nitrogen and oxygen atoms in total. The molecule has 0 fully saturated rings. The first-order chi connectivity index (χ1) is 8.71. The van der Waals surface area contributed by atoms with E-state index in [1.54, 1.807) is 0 Å². The summed E-state index contributed by atoms with van der Waals surface area (Å²) in [5.74, 6) is -7.00. The van der Waals surface area contributed by atoms with Gasteiger partial charge in [-0.1, -0.05) is 6.92 Å². The van der Waals surface area contributed by atoms with E-state index in [0.29, 0.717) is 12.1 Å². The fraction of sp³-hybridized carbons (Fsp3) is 0.333. The minimum atomic E-state index is -1.69. The zero-order chi connectivity index (χ0) is 14.8. The Labute approximate surface area is 107 Å². The van der Waals surface area contributed by atoms with Crippen LogP contribution in [0.1, 0.15) is 30.6 Å². The highest BCUT2D eigenvalue weighted by molar-refractivity contribution is 5.97. The summed E-state index contributed by atoms with van der Waals surface area (Å²) in [4.78, 5) is 22.7. The molecule has 0 spiro atoms. The summed E-state index contributed by atoms with van der Waals surface area (Å²) in [6.45, 7) is 2.78. The van der Waals surface area contributed by atoms with Gasteiger partial charge in [-0.15, -0.1) is 0 Å². The topological polar surface area (TPSA) is 66.4 Å². The van der Waals surface area contributed by atoms with Gasteiger partial charge in [0, 0.05) is 5.56 Å². The van der Waals surface area contributed by atoms with Gasteiger partial charge in [0.25, 0.3) is 5.91 Å². The lowest BCUT2D eigenvalue weighted by molar-refractivity contribution is -0.143. The van der Waals surface area contributed by atoms with Crippen molar-refractivity contribution in [1.82, 2.24) is 5.32 Å². The second kappa shape index (κ2) is 5.29. The first-order valence-corrected chi connectivity index (χ1v) is 5.41. The van der Waals surface area contributed by atoms with Crippen LogP contribution in [0.15, 0.2) is 12.1 Å². The van der Waals surface area contributed by atoms with Crippen LogP contribution in [-0.4, -0.2) is 22.5 Å². The van der Waals surface area contributed by atoms with Crippen molar-refractivity contribution in [3.63, 3.8) is 0 Å². The summed E-state index contributed by atoms with van der Waals surface area (Å²) in [5, 5.41) is 11.1. The van der Waals surface area contributed by atoms with Gasteiger partial charge in [0.15, 0.2) is 17.5 Å². The summed E-state index contributed by atoms with van der Waals surface area (Å²) in [6, 6.07) is 1.01. The predicted octanol–water partition coefficient (Wildman–Crippen LogP) is 2.09. The molecule has 104 valence electrons. The van der Waals surface area contributed by atoms with E-state index in [1.807, 2.05) is 0 Å². The smallest absolute Gasteiger partial charge is 0.329 e. The monoisotopic (exact) mass is 275 g/mol. The summed E-state index contributed by atoms with van der Waals surface area (Å²) in [6.07, 6.45) is 0.0697. The number of carboxylic acids is 1. The van der Waals surface area contributed by atoms with Crippen molar-refractivity contribution < 1.29 is 27.9 Å². The summed E-state index contributed by atoms with van der Waals surface area (Å²) in [7, 11) is 0. The fourth-order valence-electron chi connectivity index (χ4n) is 1.30. The molecule has 0 aliphatic heterocycles. The molecule has 0 bridgehead atoms. The zero-order valence-corrected chi connectivity index (χ0v) is 10.3.